The van der Waals surface area contributed by atoms with Gasteiger partial charge in [-0.3, -0.25) is 4.79 Å². The lowest BCUT2D eigenvalue weighted by Gasteiger charge is -2.33. The number of carbonyl (C=O) groups excluding carboxylic acids is 1. The zero-order valence-corrected chi connectivity index (χ0v) is 12.7. The van der Waals surface area contributed by atoms with Gasteiger partial charge in [-0.05, 0) is 24.5 Å². The first kappa shape index (κ1) is 13.3. The number of carbonyl (C=O) groups is 1. The summed E-state index contributed by atoms with van der Waals surface area (Å²) in [7, 11) is 0. The lowest BCUT2D eigenvalue weighted by Crippen LogP contribution is -2.38. The molecule has 1 aliphatic heterocycles. The number of fused-ring (bicyclic) bond motifs is 2. The van der Waals surface area contributed by atoms with Crippen molar-refractivity contribution >= 4 is 23.2 Å². The number of hydrogen-bond donors (Lipinski definition) is 1. The minimum absolute atomic E-state index is 0.0314. The monoisotopic (exact) mass is 315 g/mol. The number of amides is 1. The number of nitrogens with one attached hydrogen (secondary N) is 1. The number of rotatable bonds is 1. The molecular weight excluding hydrogens is 302 g/mol. The molecule has 0 fully saturated rings. The first-order valence-corrected chi connectivity index (χ1v) is 7.49. The first-order chi connectivity index (χ1) is 10.6. The van der Waals surface area contributed by atoms with Gasteiger partial charge in [0.15, 0.2) is 11.3 Å². The van der Waals surface area contributed by atoms with E-state index in [1.165, 1.54) is 15.6 Å². The molecule has 22 heavy (non-hydrogen) atoms. The van der Waals surface area contributed by atoms with Crippen LogP contribution in [0.2, 0.25) is 5.02 Å². The predicted octanol–water partition coefficient (Wildman–Crippen LogP) is 2.47. The zero-order chi connectivity index (χ0) is 15.3. The quantitative estimate of drug-likeness (QED) is 0.750. The number of hydrogen-bond acceptors (Lipinski definition) is 3. The molecule has 6 nitrogen and oxygen atoms in total. The van der Waals surface area contributed by atoms with E-state index in [-0.39, 0.29) is 11.9 Å². The Hall–Kier alpha value is -2.34. The average Bonchev–Trinajstić information content (AvgIpc) is 3.12. The van der Waals surface area contributed by atoms with Gasteiger partial charge in [0.1, 0.15) is 0 Å². The Labute approximate surface area is 131 Å². The molecule has 0 radical (unpaired) electrons. The highest BCUT2D eigenvalue weighted by molar-refractivity contribution is 6.30. The Morgan fingerprint density at radius 3 is 3.18 bits per heavy atom. The van der Waals surface area contributed by atoms with Crippen LogP contribution in [0.15, 0.2) is 30.9 Å². The van der Waals surface area contributed by atoms with E-state index in [1.807, 2.05) is 24.2 Å². The largest absolute Gasteiger partial charge is 0.367 e. The molecule has 112 valence electrons. The zero-order valence-electron chi connectivity index (χ0n) is 12.0. The van der Waals surface area contributed by atoms with Crippen LogP contribution < -0.4 is 0 Å². The molecule has 7 heteroatoms. The summed E-state index contributed by atoms with van der Waals surface area (Å²) in [4.78, 5) is 21.9. The fraction of sp³-hybridized carbons (Fsp3) is 0.267. The Kier molecular flexibility index (Phi) is 2.94. The van der Waals surface area contributed by atoms with E-state index in [1.54, 1.807) is 18.5 Å². The highest BCUT2D eigenvalue weighted by Gasteiger charge is 2.30. The first-order valence-electron chi connectivity index (χ1n) is 7.11. The summed E-state index contributed by atoms with van der Waals surface area (Å²) in [6.07, 6.45) is 8.01. The second-order valence-electron chi connectivity index (χ2n) is 5.46. The van der Waals surface area contributed by atoms with Crippen LogP contribution in [0.1, 0.15) is 34.6 Å². The van der Waals surface area contributed by atoms with E-state index in [4.69, 9.17) is 11.6 Å². The number of aromatic amines is 1. The summed E-state index contributed by atoms with van der Waals surface area (Å²) >= 11 is 5.90. The summed E-state index contributed by atoms with van der Waals surface area (Å²) in [6, 6.07) is 1.72. The Balaban J connectivity index is 1.68. The van der Waals surface area contributed by atoms with Crippen LogP contribution >= 0.6 is 11.6 Å². The Bertz CT molecular complexity index is 868. The maximum atomic E-state index is 12.8. The lowest BCUT2D eigenvalue weighted by molar-refractivity contribution is 0.0672. The van der Waals surface area contributed by atoms with Gasteiger partial charge in [0, 0.05) is 31.2 Å². The summed E-state index contributed by atoms with van der Waals surface area (Å²) in [5.74, 6) is -0.0824. The third-order valence-corrected chi connectivity index (χ3v) is 4.36. The molecule has 1 amide bonds. The van der Waals surface area contributed by atoms with Crippen molar-refractivity contribution in [1.82, 2.24) is 24.5 Å². The van der Waals surface area contributed by atoms with Crippen molar-refractivity contribution in [2.45, 2.75) is 19.4 Å². The minimum Gasteiger partial charge on any atom is -0.367 e. The Morgan fingerprint density at radius 1 is 1.45 bits per heavy atom. The molecule has 1 N–H and O–H groups in total. The minimum atomic E-state index is -0.0824. The van der Waals surface area contributed by atoms with E-state index < -0.39 is 0 Å². The van der Waals surface area contributed by atoms with Crippen LogP contribution in [0.3, 0.4) is 0 Å². The normalized spacial score (nSPS) is 17.7. The molecule has 4 rings (SSSR count). The van der Waals surface area contributed by atoms with Crippen LogP contribution in [0, 0.1) is 0 Å². The number of aromatic nitrogens is 4. The summed E-state index contributed by atoms with van der Waals surface area (Å²) in [5.41, 5.74) is 3.45. The maximum absolute atomic E-state index is 12.8. The second-order valence-corrected chi connectivity index (χ2v) is 5.90. The SMILES string of the molecule is CC1c2c[nH]cc2CCN1C(=O)c1cc2ncc(Cl)cn2n1. The van der Waals surface area contributed by atoms with E-state index in [0.29, 0.717) is 22.9 Å². The molecule has 0 spiro atoms. The van der Waals surface area contributed by atoms with Crippen LogP contribution in [0.25, 0.3) is 5.65 Å². The van der Waals surface area contributed by atoms with Crippen molar-refractivity contribution in [2.24, 2.45) is 0 Å². The predicted molar refractivity (Wildman–Crippen MR) is 81.9 cm³/mol. The summed E-state index contributed by atoms with van der Waals surface area (Å²) in [5, 5.41) is 4.78. The van der Waals surface area contributed by atoms with Gasteiger partial charge in [-0.2, -0.15) is 5.10 Å². The number of H-pyrrole nitrogens is 1. The van der Waals surface area contributed by atoms with Gasteiger partial charge in [-0.15, -0.1) is 0 Å². The molecule has 1 aliphatic rings. The van der Waals surface area contributed by atoms with Gasteiger partial charge in [0.05, 0.1) is 17.3 Å². The molecule has 1 unspecified atom stereocenters. The van der Waals surface area contributed by atoms with Gasteiger partial charge >= 0.3 is 0 Å². The van der Waals surface area contributed by atoms with Crippen molar-refractivity contribution in [2.75, 3.05) is 6.54 Å². The van der Waals surface area contributed by atoms with Gasteiger partial charge in [0.25, 0.3) is 5.91 Å². The molecule has 0 aromatic carbocycles. The van der Waals surface area contributed by atoms with Gasteiger partial charge < -0.3 is 9.88 Å². The second kappa shape index (κ2) is 4.84. The van der Waals surface area contributed by atoms with E-state index in [0.717, 1.165) is 6.42 Å². The molecule has 0 bridgehead atoms. The maximum Gasteiger partial charge on any atom is 0.274 e. The lowest BCUT2D eigenvalue weighted by atomic mass is 9.98. The third kappa shape index (κ3) is 1.99. The van der Waals surface area contributed by atoms with Crippen LogP contribution in [0.4, 0.5) is 0 Å². The van der Waals surface area contributed by atoms with Crippen LogP contribution in [-0.2, 0) is 6.42 Å². The van der Waals surface area contributed by atoms with Gasteiger partial charge in [-0.25, -0.2) is 9.50 Å². The molecule has 1 atom stereocenters. The average molecular weight is 316 g/mol. The van der Waals surface area contributed by atoms with Gasteiger partial charge in [-0.1, -0.05) is 11.6 Å². The topological polar surface area (TPSA) is 66.3 Å². The molecule has 0 aliphatic carbocycles. The van der Waals surface area contributed by atoms with E-state index in [9.17, 15) is 4.79 Å². The van der Waals surface area contributed by atoms with Crippen LogP contribution in [0.5, 0.6) is 0 Å². The molecule has 3 aromatic rings. The van der Waals surface area contributed by atoms with Crippen molar-refractivity contribution < 1.29 is 4.79 Å². The van der Waals surface area contributed by atoms with E-state index >= 15 is 0 Å². The van der Waals surface area contributed by atoms with Crippen molar-refractivity contribution in [3.63, 3.8) is 0 Å². The summed E-state index contributed by atoms with van der Waals surface area (Å²) < 4.78 is 1.53. The fourth-order valence-corrected chi connectivity index (χ4v) is 3.14. The number of nitrogens with zero attached hydrogens (tertiary/aromatic N) is 4. The highest BCUT2D eigenvalue weighted by atomic mass is 35.5. The van der Waals surface area contributed by atoms with Crippen molar-refractivity contribution in [1.29, 1.82) is 0 Å². The van der Waals surface area contributed by atoms with Gasteiger partial charge in [0.2, 0.25) is 0 Å². The smallest absolute Gasteiger partial charge is 0.274 e. The third-order valence-electron chi connectivity index (χ3n) is 4.17. The molecule has 0 saturated carbocycles. The van der Waals surface area contributed by atoms with E-state index in [2.05, 4.69) is 15.1 Å². The molecule has 0 saturated heterocycles. The summed E-state index contributed by atoms with van der Waals surface area (Å²) in [6.45, 7) is 2.72. The van der Waals surface area contributed by atoms with Crippen LogP contribution in [-0.4, -0.2) is 36.9 Å². The standard InChI is InChI=1S/C15H14ClN5O/c1-9-12-7-17-5-10(12)2-3-20(9)15(22)13-4-14-18-6-11(16)8-21(14)19-13/h4-9,17H,2-3H2,1H3. The van der Waals surface area contributed by atoms with Crippen molar-refractivity contribution in [3.8, 4) is 0 Å². The number of halogens is 1. The highest BCUT2D eigenvalue weighted by Crippen LogP contribution is 2.30. The molecule has 4 heterocycles. The fourth-order valence-electron chi connectivity index (χ4n) is 3.00. The Morgan fingerprint density at radius 2 is 2.32 bits per heavy atom. The van der Waals surface area contributed by atoms with Crippen molar-refractivity contribution in [3.05, 3.63) is 52.7 Å². The molecular formula is C15H14ClN5O. The molecule has 3 aromatic heterocycles.